The van der Waals surface area contributed by atoms with Gasteiger partial charge in [0.05, 0.1) is 12.0 Å². The molecule has 0 spiro atoms. The number of rotatable bonds is 4. The number of benzene rings is 1. The van der Waals surface area contributed by atoms with E-state index in [0.717, 1.165) is 55.3 Å². The summed E-state index contributed by atoms with van der Waals surface area (Å²) in [6.07, 6.45) is 3.36. The van der Waals surface area contributed by atoms with E-state index in [4.69, 9.17) is 0 Å². The lowest BCUT2D eigenvalue weighted by molar-refractivity contribution is -0.131. The van der Waals surface area contributed by atoms with Crippen LogP contribution in [0.4, 0.5) is 0 Å². The van der Waals surface area contributed by atoms with E-state index >= 15 is 0 Å². The number of carbonyl (C=O) groups excluding carboxylic acids is 1. The van der Waals surface area contributed by atoms with Gasteiger partial charge in [-0.2, -0.15) is 0 Å². The van der Waals surface area contributed by atoms with Crippen molar-refractivity contribution in [2.45, 2.75) is 31.6 Å². The van der Waals surface area contributed by atoms with E-state index < -0.39 is 5.97 Å². The zero-order valence-corrected chi connectivity index (χ0v) is 16.0. The zero-order chi connectivity index (χ0) is 18.8. The summed E-state index contributed by atoms with van der Waals surface area (Å²) in [6, 6.07) is 7.11. The molecule has 6 nitrogen and oxygen atoms in total. The predicted molar refractivity (Wildman–Crippen MR) is 106 cm³/mol. The van der Waals surface area contributed by atoms with E-state index in [2.05, 4.69) is 15.3 Å². The number of aromatic carboxylic acids is 1. The Bertz CT molecular complexity index is 820. The van der Waals surface area contributed by atoms with Crippen LogP contribution in [0, 0.1) is 0 Å². The first-order valence-electron chi connectivity index (χ1n) is 9.40. The Labute approximate surface area is 162 Å². The first kappa shape index (κ1) is 18.1. The Morgan fingerprint density at radius 3 is 3.00 bits per heavy atom. The molecule has 27 heavy (non-hydrogen) atoms. The molecule has 0 saturated carbocycles. The van der Waals surface area contributed by atoms with Crippen LogP contribution in [0.15, 0.2) is 40.4 Å². The summed E-state index contributed by atoms with van der Waals surface area (Å²) in [5.41, 5.74) is 2.37. The summed E-state index contributed by atoms with van der Waals surface area (Å²) in [4.78, 5) is 32.7. The van der Waals surface area contributed by atoms with Crippen molar-refractivity contribution in [2.75, 3.05) is 26.2 Å². The third-order valence-electron chi connectivity index (χ3n) is 5.38. The molecule has 7 heteroatoms. The van der Waals surface area contributed by atoms with E-state index in [-0.39, 0.29) is 11.8 Å². The van der Waals surface area contributed by atoms with Crippen LogP contribution in [0.3, 0.4) is 0 Å². The summed E-state index contributed by atoms with van der Waals surface area (Å²) < 4.78 is 0. The minimum Gasteiger partial charge on any atom is -0.478 e. The molecule has 3 heterocycles. The minimum atomic E-state index is -0.912. The minimum absolute atomic E-state index is 0.146. The SMILES string of the molecule is O=C(O)c1cccc(C2CCCN(C(=O)CC3=CSC4=NCCCN34)C2)c1. The predicted octanol–water partition coefficient (Wildman–Crippen LogP) is 3.13. The molecule has 3 aliphatic heterocycles. The van der Waals surface area contributed by atoms with Crippen LogP contribution in [0.25, 0.3) is 0 Å². The normalized spacial score (nSPS) is 22.1. The molecule has 0 aliphatic carbocycles. The van der Waals surface area contributed by atoms with Gasteiger partial charge in [-0.15, -0.1) is 0 Å². The van der Waals surface area contributed by atoms with Crippen LogP contribution in [0.5, 0.6) is 0 Å². The van der Waals surface area contributed by atoms with Crippen LogP contribution < -0.4 is 0 Å². The third-order valence-corrected chi connectivity index (χ3v) is 6.33. The third kappa shape index (κ3) is 3.88. The summed E-state index contributed by atoms with van der Waals surface area (Å²) in [5.74, 6) is -0.570. The smallest absolute Gasteiger partial charge is 0.335 e. The Morgan fingerprint density at radius 1 is 1.26 bits per heavy atom. The molecule has 1 atom stereocenters. The summed E-state index contributed by atoms with van der Waals surface area (Å²) in [6.45, 7) is 3.24. The number of piperidine rings is 1. The number of hydrogen-bond acceptors (Lipinski definition) is 5. The van der Waals surface area contributed by atoms with Crippen LogP contribution in [-0.2, 0) is 4.79 Å². The first-order chi connectivity index (χ1) is 13.1. The highest BCUT2D eigenvalue weighted by Crippen LogP contribution is 2.32. The lowest BCUT2D eigenvalue weighted by Gasteiger charge is -2.34. The molecule has 1 aromatic carbocycles. The molecule has 3 aliphatic rings. The van der Waals surface area contributed by atoms with Gasteiger partial charge in [-0.25, -0.2) is 4.79 Å². The molecule has 142 valence electrons. The zero-order valence-electron chi connectivity index (χ0n) is 15.1. The maximum absolute atomic E-state index is 12.9. The fourth-order valence-corrected chi connectivity index (χ4v) is 4.90. The number of fused-ring (bicyclic) bond motifs is 1. The molecule has 1 saturated heterocycles. The number of likely N-dealkylation sites (tertiary alicyclic amines) is 1. The summed E-state index contributed by atoms with van der Waals surface area (Å²) in [5, 5.41) is 12.3. The number of carboxylic acids is 1. The fraction of sp³-hybridized carbons (Fsp3) is 0.450. The quantitative estimate of drug-likeness (QED) is 0.862. The highest BCUT2D eigenvalue weighted by molar-refractivity contribution is 8.16. The Balaban J connectivity index is 1.41. The lowest BCUT2D eigenvalue weighted by Crippen LogP contribution is -2.40. The highest BCUT2D eigenvalue weighted by atomic mass is 32.2. The van der Waals surface area contributed by atoms with Crippen molar-refractivity contribution in [3.05, 3.63) is 46.5 Å². The van der Waals surface area contributed by atoms with Crippen LogP contribution >= 0.6 is 11.8 Å². The maximum Gasteiger partial charge on any atom is 0.335 e. The van der Waals surface area contributed by atoms with E-state index in [1.807, 2.05) is 11.0 Å². The topological polar surface area (TPSA) is 73.2 Å². The molecular formula is C20H23N3O3S. The largest absolute Gasteiger partial charge is 0.478 e. The van der Waals surface area contributed by atoms with Gasteiger partial charge >= 0.3 is 5.97 Å². The second kappa shape index (κ2) is 7.76. The van der Waals surface area contributed by atoms with Crippen molar-refractivity contribution in [2.24, 2.45) is 4.99 Å². The van der Waals surface area contributed by atoms with Gasteiger partial charge in [0.25, 0.3) is 0 Å². The lowest BCUT2D eigenvalue weighted by atomic mass is 9.89. The number of carbonyl (C=O) groups is 2. The molecule has 1 fully saturated rings. The fourth-order valence-electron chi connectivity index (χ4n) is 3.94. The van der Waals surface area contributed by atoms with Crippen molar-refractivity contribution in [1.29, 1.82) is 0 Å². The highest BCUT2D eigenvalue weighted by Gasteiger charge is 2.30. The summed E-state index contributed by atoms with van der Waals surface area (Å²) >= 11 is 1.61. The van der Waals surface area contributed by atoms with E-state index in [1.54, 1.807) is 30.0 Å². The van der Waals surface area contributed by atoms with Gasteiger partial charge < -0.3 is 14.9 Å². The Morgan fingerprint density at radius 2 is 2.15 bits per heavy atom. The Hall–Kier alpha value is -2.28. The van der Waals surface area contributed by atoms with Crippen molar-refractivity contribution in [3.63, 3.8) is 0 Å². The second-order valence-corrected chi connectivity index (χ2v) is 8.02. The first-order valence-corrected chi connectivity index (χ1v) is 10.3. The molecule has 1 amide bonds. The van der Waals surface area contributed by atoms with Gasteiger partial charge in [-0.05, 0) is 42.4 Å². The number of nitrogens with zero attached hydrogens (tertiary/aromatic N) is 3. The van der Waals surface area contributed by atoms with Gasteiger partial charge in [0.1, 0.15) is 0 Å². The van der Waals surface area contributed by atoms with Crippen molar-refractivity contribution >= 4 is 28.8 Å². The Kier molecular flexibility index (Phi) is 5.20. The van der Waals surface area contributed by atoms with E-state index in [1.165, 1.54) is 0 Å². The number of thioether (sulfide) groups is 1. The number of amides is 1. The van der Waals surface area contributed by atoms with Gasteiger partial charge in [-0.1, -0.05) is 23.9 Å². The molecule has 1 aromatic rings. The monoisotopic (exact) mass is 385 g/mol. The van der Waals surface area contributed by atoms with E-state index in [9.17, 15) is 14.7 Å². The molecule has 0 aromatic heterocycles. The number of aliphatic imine (C=N–C) groups is 1. The van der Waals surface area contributed by atoms with Gasteiger partial charge in [0.15, 0.2) is 5.17 Å². The number of amidine groups is 1. The van der Waals surface area contributed by atoms with Gasteiger partial charge in [-0.3, -0.25) is 9.79 Å². The van der Waals surface area contributed by atoms with Crippen molar-refractivity contribution in [1.82, 2.24) is 9.80 Å². The summed E-state index contributed by atoms with van der Waals surface area (Å²) in [7, 11) is 0. The molecule has 0 radical (unpaired) electrons. The second-order valence-electron chi connectivity index (χ2n) is 7.18. The average molecular weight is 385 g/mol. The number of hydrogen-bond donors (Lipinski definition) is 1. The number of carboxylic acid groups (broad SMARTS) is 1. The standard InChI is InChI=1S/C20H23N3O3S/c24-18(11-17-13-27-20-21-7-3-9-23(17)20)22-8-2-6-16(12-22)14-4-1-5-15(10-14)19(25)26/h1,4-5,10,13,16H,2-3,6-9,11-12H2,(H,25,26). The van der Waals surface area contributed by atoms with Crippen molar-refractivity contribution in [3.8, 4) is 0 Å². The molecule has 0 bridgehead atoms. The molecular weight excluding hydrogens is 362 g/mol. The molecule has 1 N–H and O–H groups in total. The van der Waals surface area contributed by atoms with Crippen LogP contribution in [0.1, 0.15) is 47.5 Å². The maximum atomic E-state index is 12.9. The molecule has 4 rings (SSSR count). The molecule has 1 unspecified atom stereocenters. The van der Waals surface area contributed by atoms with Crippen LogP contribution in [0.2, 0.25) is 0 Å². The average Bonchev–Trinajstić information content (AvgIpc) is 3.11. The van der Waals surface area contributed by atoms with Crippen LogP contribution in [-0.4, -0.2) is 58.1 Å². The van der Waals surface area contributed by atoms with Crippen molar-refractivity contribution < 1.29 is 14.7 Å². The van der Waals surface area contributed by atoms with Gasteiger partial charge in [0, 0.05) is 37.8 Å². The van der Waals surface area contributed by atoms with Gasteiger partial charge in [0.2, 0.25) is 5.91 Å². The van der Waals surface area contributed by atoms with E-state index in [0.29, 0.717) is 18.5 Å².